The number of aliphatic hydroxyl groups excluding tert-OH is 2. The van der Waals surface area contributed by atoms with Crippen LogP contribution < -0.4 is 10.6 Å². The number of rotatable bonds is 15. The van der Waals surface area contributed by atoms with Gasteiger partial charge in [-0.25, -0.2) is 0 Å². The number of hydrogen-bond donors (Lipinski definition) is 4. The van der Waals surface area contributed by atoms with Crippen molar-refractivity contribution >= 4 is 58.8 Å². The number of aliphatic imine (C=N–C) groups is 2. The first kappa shape index (κ1) is 52.4. The SMILES string of the molecule is CC(=O)C[C@H](C(=O)N1C[C@H](O)C[C@H]1C(=O)NCc1ccc(C2=C(C)N=CC2)cc1)C(C)(C)C.CCC(=O)C[C@H](C(=O)N1C[C@H](O)C[C@H]1C(=O)NCc1ccc(C2=C(C)N=CC2)cc1)C(C)(C)C. The Labute approximate surface area is 396 Å². The van der Waals surface area contributed by atoms with Crippen LogP contribution in [0.15, 0.2) is 69.9 Å². The molecule has 4 aliphatic heterocycles. The molecule has 0 aliphatic carbocycles. The standard InChI is InChI=1S/C27H37N3O4.C26H35N3O4/c1-6-20(31)13-23(27(3,4)5)26(34)30-16-21(32)14-24(30)25(33)29-15-18-7-9-19(10-8-18)22-11-12-28-17(22)2;1-16(30)12-22(26(3,4)5)25(33)29-15-20(31)13-23(29)24(32)28-14-18-6-8-19(9-7-18)21-10-11-27-17(21)2/h7-10,12,21,23-24,32H,6,11,13-16H2,1-5H3,(H,29,33);6-9,11,20,22-23,31H,10,12-15H2,1-5H3,(H,28,32)/t21-,23-,24+;20-,22-,23+/m11/s1. The number of Topliss-reactive ketones (excluding diaryl/α,β-unsaturated/α-hetero) is 2. The van der Waals surface area contributed by atoms with Gasteiger partial charge in [-0.3, -0.25) is 34.0 Å². The van der Waals surface area contributed by atoms with E-state index in [0.29, 0.717) is 19.5 Å². The van der Waals surface area contributed by atoms with Crippen LogP contribution in [-0.4, -0.2) is 105 Å². The van der Waals surface area contributed by atoms with Crippen LogP contribution in [0.3, 0.4) is 0 Å². The predicted octanol–water partition coefficient (Wildman–Crippen LogP) is 6.61. The van der Waals surface area contributed by atoms with Crippen molar-refractivity contribution in [2.24, 2.45) is 32.7 Å². The molecule has 2 fully saturated rings. The number of hydrogen-bond acceptors (Lipinski definition) is 10. The van der Waals surface area contributed by atoms with E-state index in [-0.39, 0.29) is 74.0 Å². The van der Waals surface area contributed by atoms with Crippen molar-refractivity contribution in [3.05, 3.63) is 82.2 Å². The average molecular weight is 921 g/mol. The van der Waals surface area contributed by atoms with Crippen molar-refractivity contribution in [1.82, 2.24) is 20.4 Å². The summed E-state index contributed by atoms with van der Waals surface area (Å²) < 4.78 is 0. The number of benzene rings is 2. The van der Waals surface area contributed by atoms with E-state index in [4.69, 9.17) is 0 Å². The molecule has 4 N–H and O–H groups in total. The van der Waals surface area contributed by atoms with Crippen molar-refractivity contribution in [1.29, 1.82) is 0 Å². The molecule has 14 heteroatoms. The summed E-state index contributed by atoms with van der Waals surface area (Å²) in [5.74, 6) is -2.19. The molecule has 2 aromatic carbocycles. The third-order valence-electron chi connectivity index (χ3n) is 13.3. The first-order chi connectivity index (χ1) is 31.5. The maximum absolute atomic E-state index is 13.4. The number of nitrogens with one attached hydrogen (secondary N) is 2. The third-order valence-corrected chi connectivity index (χ3v) is 13.3. The highest BCUT2D eigenvalue weighted by Gasteiger charge is 2.45. The predicted molar refractivity (Wildman–Crippen MR) is 261 cm³/mol. The van der Waals surface area contributed by atoms with Gasteiger partial charge in [0.1, 0.15) is 23.7 Å². The number of aliphatic hydroxyl groups is 2. The fraction of sp³-hybridized carbons (Fsp3) is 0.547. The van der Waals surface area contributed by atoms with E-state index < -0.39 is 47.0 Å². The number of allylic oxidation sites excluding steroid dienone is 4. The Hall–Kier alpha value is -5.60. The summed E-state index contributed by atoms with van der Waals surface area (Å²) >= 11 is 0. The summed E-state index contributed by atoms with van der Waals surface area (Å²) in [6.07, 6.45) is 4.98. The van der Waals surface area contributed by atoms with E-state index in [1.54, 1.807) is 6.92 Å². The monoisotopic (exact) mass is 921 g/mol. The van der Waals surface area contributed by atoms with Gasteiger partial charge >= 0.3 is 0 Å². The van der Waals surface area contributed by atoms with Gasteiger partial charge in [-0.05, 0) is 65.0 Å². The van der Waals surface area contributed by atoms with Gasteiger partial charge in [0.05, 0.1) is 12.2 Å². The lowest BCUT2D eigenvalue weighted by atomic mass is 9.76. The minimum absolute atomic E-state index is 0.0209. The van der Waals surface area contributed by atoms with E-state index >= 15 is 0 Å². The molecule has 0 spiro atoms. The molecule has 0 radical (unpaired) electrons. The number of likely N-dealkylation sites (tertiary alicyclic amines) is 2. The van der Waals surface area contributed by atoms with Gasteiger partial charge in [-0.1, -0.05) is 97.0 Å². The summed E-state index contributed by atoms with van der Waals surface area (Å²) in [7, 11) is 0. The zero-order chi connectivity index (χ0) is 49.4. The number of β-amino-alcohol motifs (C(OH)–C–C–N with tert-alkyl or cyclic N) is 2. The maximum atomic E-state index is 13.4. The molecule has 2 saturated heterocycles. The molecule has 4 aliphatic rings. The zero-order valence-electron chi connectivity index (χ0n) is 41.1. The summed E-state index contributed by atoms with van der Waals surface area (Å²) in [5, 5.41) is 26.3. The number of carbonyl (C=O) groups excluding carboxylic acids is 6. The molecule has 4 heterocycles. The van der Waals surface area contributed by atoms with Crippen molar-refractivity contribution in [2.75, 3.05) is 13.1 Å². The number of amides is 4. The molecule has 0 aromatic heterocycles. The highest BCUT2D eigenvalue weighted by molar-refractivity contribution is 5.93. The van der Waals surface area contributed by atoms with Crippen LogP contribution in [0.5, 0.6) is 0 Å². The van der Waals surface area contributed by atoms with Gasteiger partial charge in [-0.2, -0.15) is 0 Å². The lowest BCUT2D eigenvalue weighted by Gasteiger charge is -2.34. The summed E-state index contributed by atoms with van der Waals surface area (Å²) in [4.78, 5) is 88.3. The topological polar surface area (TPSA) is 198 Å². The Morgan fingerprint density at radius 2 is 1.01 bits per heavy atom. The molecule has 362 valence electrons. The van der Waals surface area contributed by atoms with E-state index in [1.807, 2.05) is 116 Å². The maximum Gasteiger partial charge on any atom is 0.243 e. The molecule has 6 rings (SSSR count). The van der Waals surface area contributed by atoms with E-state index in [0.717, 1.165) is 46.5 Å². The van der Waals surface area contributed by atoms with Gasteiger partial charge in [0.15, 0.2) is 0 Å². The van der Waals surface area contributed by atoms with Gasteiger partial charge in [0.25, 0.3) is 0 Å². The minimum Gasteiger partial charge on any atom is -0.391 e. The van der Waals surface area contributed by atoms with Gasteiger partial charge in [0.2, 0.25) is 23.6 Å². The molecule has 2 aromatic rings. The van der Waals surface area contributed by atoms with Crippen molar-refractivity contribution < 1.29 is 39.0 Å². The Kier molecular flexibility index (Phi) is 17.6. The van der Waals surface area contributed by atoms with Crippen molar-refractivity contribution in [2.45, 2.75) is 152 Å². The summed E-state index contributed by atoms with van der Waals surface area (Å²) in [5.41, 5.74) is 7.74. The molecule has 67 heavy (non-hydrogen) atoms. The smallest absolute Gasteiger partial charge is 0.243 e. The van der Waals surface area contributed by atoms with Crippen LogP contribution in [0.25, 0.3) is 11.1 Å². The highest BCUT2D eigenvalue weighted by atomic mass is 16.3. The van der Waals surface area contributed by atoms with Crippen LogP contribution in [0.4, 0.5) is 0 Å². The molecular weight excluding hydrogens is 849 g/mol. The lowest BCUT2D eigenvalue weighted by Crippen LogP contribution is -2.50. The Morgan fingerprint density at radius 3 is 1.33 bits per heavy atom. The normalized spacial score (nSPS) is 21.3. The van der Waals surface area contributed by atoms with Crippen molar-refractivity contribution in [3.8, 4) is 0 Å². The number of ketones is 2. The second-order valence-corrected chi connectivity index (χ2v) is 20.6. The van der Waals surface area contributed by atoms with Gasteiger partial charge in [-0.15, -0.1) is 0 Å². The van der Waals surface area contributed by atoms with Crippen LogP contribution >= 0.6 is 0 Å². The average Bonchev–Trinajstić information content (AvgIpc) is 4.09. The van der Waals surface area contributed by atoms with E-state index in [2.05, 4.69) is 20.6 Å². The largest absolute Gasteiger partial charge is 0.391 e. The fourth-order valence-corrected chi connectivity index (χ4v) is 9.11. The van der Waals surface area contributed by atoms with Gasteiger partial charge < -0.3 is 35.4 Å². The second-order valence-electron chi connectivity index (χ2n) is 20.6. The Balaban J connectivity index is 0.000000251. The van der Waals surface area contributed by atoms with Crippen LogP contribution in [0.2, 0.25) is 0 Å². The summed E-state index contributed by atoms with van der Waals surface area (Å²) in [6.45, 7) is 19.7. The zero-order valence-corrected chi connectivity index (χ0v) is 41.1. The minimum atomic E-state index is -0.758. The fourth-order valence-electron chi connectivity index (χ4n) is 9.11. The van der Waals surface area contributed by atoms with Crippen molar-refractivity contribution in [3.63, 3.8) is 0 Å². The van der Waals surface area contributed by atoms with Crippen LogP contribution in [0, 0.1) is 22.7 Å². The third kappa shape index (κ3) is 13.7. The molecule has 0 unspecified atom stereocenters. The first-order valence-corrected chi connectivity index (χ1v) is 23.6. The number of carbonyl (C=O) groups is 6. The summed E-state index contributed by atoms with van der Waals surface area (Å²) in [6, 6.07) is 14.5. The molecule has 0 saturated carbocycles. The number of nitrogens with zero attached hydrogens (tertiary/aromatic N) is 4. The van der Waals surface area contributed by atoms with E-state index in [9.17, 15) is 39.0 Å². The lowest BCUT2D eigenvalue weighted by molar-refractivity contribution is -0.146. The van der Waals surface area contributed by atoms with Crippen LogP contribution in [-0.2, 0) is 41.9 Å². The van der Waals surface area contributed by atoms with Gasteiger partial charge in [0, 0.05) is 107 Å². The van der Waals surface area contributed by atoms with Crippen LogP contribution in [0.1, 0.15) is 136 Å². The molecule has 6 atom stereocenters. The quantitative estimate of drug-likeness (QED) is 0.153. The first-order valence-electron chi connectivity index (χ1n) is 23.6. The Bertz CT molecular complexity index is 2280. The molecular formula is C53H72N6O8. The Morgan fingerprint density at radius 1 is 0.642 bits per heavy atom. The highest BCUT2D eigenvalue weighted by Crippen LogP contribution is 2.35. The molecule has 14 nitrogen and oxygen atoms in total. The van der Waals surface area contributed by atoms with E-state index in [1.165, 1.54) is 27.9 Å². The molecule has 4 amide bonds. The second kappa shape index (κ2) is 22.5. The molecule has 0 bridgehead atoms.